The molecule has 0 aliphatic heterocycles. The molecule has 8 nitrogen and oxygen atoms in total. The predicted octanol–water partition coefficient (Wildman–Crippen LogP) is 1.60. The van der Waals surface area contributed by atoms with E-state index in [0.29, 0.717) is 39.6 Å². The van der Waals surface area contributed by atoms with Crippen molar-refractivity contribution >= 4 is 11.8 Å². The summed E-state index contributed by atoms with van der Waals surface area (Å²) in [6.07, 6.45) is 4.31. The van der Waals surface area contributed by atoms with E-state index in [1.807, 2.05) is 0 Å². The van der Waals surface area contributed by atoms with Crippen LogP contribution in [0, 0.1) is 5.92 Å². The first kappa shape index (κ1) is 28.7. The van der Waals surface area contributed by atoms with Gasteiger partial charge in [-0.2, -0.15) is 0 Å². The average molecular weight is 437 g/mol. The fourth-order valence-corrected chi connectivity index (χ4v) is 2.38. The van der Waals surface area contributed by atoms with E-state index in [4.69, 9.17) is 19.3 Å². The van der Waals surface area contributed by atoms with Crippen LogP contribution in [0.2, 0.25) is 0 Å². The summed E-state index contributed by atoms with van der Waals surface area (Å²) in [7, 11) is 0. The first-order valence-corrected chi connectivity index (χ1v) is 11.0. The number of unbranched alkanes of at least 4 members (excludes halogenated alkanes) is 4. The van der Waals surface area contributed by atoms with Crippen molar-refractivity contribution in [2.75, 3.05) is 59.3 Å². The van der Waals surface area contributed by atoms with Crippen LogP contribution in [0.3, 0.4) is 0 Å². The van der Waals surface area contributed by atoms with E-state index in [1.165, 1.54) is 0 Å². The highest BCUT2D eigenvalue weighted by molar-refractivity contribution is 5.77. The van der Waals surface area contributed by atoms with Gasteiger partial charge in [0.25, 0.3) is 0 Å². The molecular formula is C21H41FN2O6. The molecule has 30 heavy (non-hydrogen) atoms. The van der Waals surface area contributed by atoms with Gasteiger partial charge >= 0.3 is 0 Å². The Labute approximate surface area is 180 Å². The Hall–Kier alpha value is -1.29. The van der Waals surface area contributed by atoms with Crippen LogP contribution in [0.15, 0.2) is 0 Å². The van der Waals surface area contributed by atoms with E-state index >= 15 is 0 Å². The minimum absolute atomic E-state index is 0.00348. The van der Waals surface area contributed by atoms with Gasteiger partial charge in [0.1, 0.15) is 12.8 Å². The maximum Gasteiger partial charge on any atom is 0.245 e. The van der Waals surface area contributed by atoms with Gasteiger partial charge in [-0.1, -0.05) is 13.8 Å². The number of aliphatic hydroxyl groups excluding tert-OH is 1. The number of alkyl halides is 1. The lowest BCUT2D eigenvalue weighted by molar-refractivity contribution is -0.124. The van der Waals surface area contributed by atoms with Gasteiger partial charge in [-0.25, -0.2) is 4.39 Å². The topological polar surface area (TPSA) is 106 Å². The lowest BCUT2D eigenvalue weighted by Gasteiger charge is -2.12. The summed E-state index contributed by atoms with van der Waals surface area (Å²) in [5.41, 5.74) is 0. The molecule has 0 spiro atoms. The minimum atomic E-state index is -1.18. The third-order valence-electron chi connectivity index (χ3n) is 4.20. The Balaban J connectivity index is 3.19. The summed E-state index contributed by atoms with van der Waals surface area (Å²) in [4.78, 5) is 22.2. The Morgan fingerprint density at radius 2 is 1.40 bits per heavy atom. The van der Waals surface area contributed by atoms with E-state index in [1.54, 1.807) is 13.8 Å². The molecule has 0 aliphatic rings. The molecule has 0 aromatic heterocycles. The molecule has 0 rings (SSSR count). The zero-order valence-corrected chi connectivity index (χ0v) is 18.6. The number of amides is 2. The van der Waals surface area contributed by atoms with Crippen molar-refractivity contribution in [1.29, 1.82) is 0 Å². The molecule has 0 aromatic carbocycles. The molecule has 0 saturated heterocycles. The van der Waals surface area contributed by atoms with Gasteiger partial charge in [0, 0.05) is 32.3 Å². The van der Waals surface area contributed by atoms with Gasteiger partial charge in [-0.05, 0) is 38.5 Å². The number of carbonyl (C=O) groups excluding carboxylic acids is 2. The second kappa shape index (κ2) is 21.0. The van der Waals surface area contributed by atoms with Gasteiger partial charge in [-0.15, -0.1) is 0 Å². The molecule has 178 valence electrons. The molecule has 2 amide bonds. The fraction of sp³-hybridized carbons (Fsp3) is 0.905. The fourth-order valence-electron chi connectivity index (χ4n) is 2.38. The van der Waals surface area contributed by atoms with Crippen molar-refractivity contribution in [2.45, 2.75) is 58.5 Å². The molecule has 0 fully saturated rings. The molecule has 9 heteroatoms. The van der Waals surface area contributed by atoms with Crippen molar-refractivity contribution < 1.29 is 33.3 Å². The number of halogens is 1. The van der Waals surface area contributed by atoms with Gasteiger partial charge < -0.3 is 30.0 Å². The van der Waals surface area contributed by atoms with E-state index < -0.39 is 12.8 Å². The minimum Gasteiger partial charge on any atom is -0.387 e. The third kappa shape index (κ3) is 20.0. The molecule has 0 saturated carbocycles. The molecule has 0 radical (unpaired) electrons. The van der Waals surface area contributed by atoms with Gasteiger partial charge in [0.15, 0.2) is 0 Å². The number of hydrogen-bond donors (Lipinski definition) is 3. The maximum atomic E-state index is 13.6. The second-order valence-electron chi connectivity index (χ2n) is 7.43. The van der Waals surface area contributed by atoms with Gasteiger partial charge in [-0.3, -0.25) is 9.59 Å². The zero-order valence-electron chi connectivity index (χ0n) is 18.6. The summed E-state index contributed by atoms with van der Waals surface area (Å²) >= 11 is 0. The average Bonchev–Trinajstić information content (AvgIpc) is 2.73. The standard InChI is InChI=1S/C21H41FN2O6/c1-18(2)21(27)24-15-19(22)17-30-12-8-4-7-11-29-14-13-28-10-6-3-5-9-23-20(26)16-25/h18-19,25H,3-17H2,1-2H3,(H,23,26)(H,24,27). The number of carbonyl (C=O) groups is 2. The summed E-state index contributed by atoms with van der Waals surface area (Å²) in [5, 5.41) is 13.7. The molecule has 0 aromatic rings. The molecule has 1 atom stereocenters. The molecule has 0 heterocycles. The lowest BCUT2D eigenvalue weighted by Crippen LogP contribution is -2.34. The first-order chi connectivity index (χ1) is 14.5. The van der Waals surface area contributed by atoms with Crippen molar-refractivity contribution in [3.8, 4) is 0 Å². The maximum absolute atomic E-state index is 13.6. The summed E-state index contributed by atoms with van der Waals surface area (Å²) in [5.74, 6) is -0.630. The van der Waals surface area contributed by atoms with Crippen molar-refractivity contribution in [1.82, 2.24) is 10.6 Å². The summed E-state index contributed by atoms with van der Waals surface area (Å²) < 4.78 is 29.8. The Morgan fingerprint density at radius 3 is 1.97 bits per heavy atom. The SMILES string of the molecule is CC(C)C(=O)NCC(F)COCCCCCOCCOCCCCCNC(=O)CO. The first-order valence-electron chi connectivity index (χ1n) is 11.0. The quantitative estimate of drug-likeness (QED) is 0.236. The van der Waals surface area contributed by atoms with Crippen LogP contribution in [-0.4, -0.2) is 82.4 Å². The largest absolute Gasteiger partial charge is 0.387 e. The summed E-state index contributed by atoms with van der Waals surface area (Å²) in [6, 6.07) is 0. The van der Waals surface area contributed by atoms with Crippen LogP contribution in [0.4, 0.5) is 4.39 Å². The highest BCUT2D eigenvalue weighted by atomic mass is 19.1. The van der Waals surface area contributed by atoms with E-state index in [-0.39, 0.29) is 30.9 Å². The van der Waals surface area contributed by atoms with E-state index in [2.05, 4.69) is 10.6 Å². The zero-order chi connectivity index (χ0) is 22.5. The van der Waals surface area contributed by atoms with Gasteiger partial charge in [0.05, 0.1) is 26.4 Å². The number of ether oxygens (including phenoxy) is 3. The number of rotatable bonds is 21. The number of aliphatic hydroxyl groups is 1. The van der Waals surface area contributed by atoms with Crippen LogP contribution < -0.4 is 10.6 Å². The Bertz CT molecular complexity index is 426. The molecule has 0 aliphatic carbocycles. The van der Waals surface area contributed by atoms with Crippen molar-refractivity contribution in [3.05, 3.63) is 0 Å². The highest BCUT2D eigenvalue weighted by Crippen LogP contribution is 2.00. The van der Waals surface area contributed by atoms with Crippen LogP contribution in [-0.2, 0) is 23.8 Å². The normalized spacial score (nSPS) is 12.2. The third-order valence-corrected chi connectivity index (χ3v) is 4.20. The lowest BCUT2D eigenvalue weighted by atomic mass is 10.2. The van der Waals surface area contributed by atoms with Crippen LogP contribution in [0.25, 0.3) is 0 Å². The van der Waals surface area contributed by atoms with Crippen LogP contribution in [0.5, 0.6) is 0 Å². The number of hydrogen-bond acceptors (Lipinski definition) is 6. The number of nitrogens with one attached hydrogen (secondary N) is 2. The predicted molar refractivity (Wildman–Crippen MR) is 113 cm³/mol. The van der Waals surface area contributed by atoms with E-state index in [9.17, 15) is 14.0 Å². The Kier molecular flexibility index (Phi) is 20.1. The monoisotopic (exact) mass is 436 g/mol. The molecule has 3 N–H and O–H groups in total. The van der Waals surface area contributed by atoms with Gasteiger partial charge in [0.2, 0.25) is 11.8 Å². The van der Waals surface area contributed by atoms with Crippen molar-refractivity contribution in [3.63, 3.8) is 0 Å². The molecule has 1 unspecified atom stereocenters. The molecular weight excluding hydrogens is 395 g/mol. The van der Waals surface area contributed by atoms with Crippen LogP contribution >= 0.6 is 0 Å². The smallest absolute Gasteiger partial charge is 0.245 e. The molecule has 0 bridgehead atoms. The van der Waals surface area contributed by atoms with Crippen molar-refractivity contribution in [2.24, 2.45) is 5.92 Å². The highest BCUT2D eigenvalue weighted by Gasteiger charge is 2.11. The second-order valence-corrected chi connectivity index (χ2v) is 7.43. The Morgan fingerprint density at radius 1 is 0.833 bits per heavy atom. The van der Waals surface area contributed by atoms with Crippen LogP contribution in [0.1, 0.15) is 52.4 Å². The van der Waals surface area contributed by atoms with E-state index in [0.717, 1.165) is 38.5 Å². The summed E-state index contributed by atoms with van der Waals surface area (Å²) in [6.45, 7) is 6.63.